The zero-order valence-corrected chi connectivity index (χ0v) is 16.9. The molecule has 0 aliphatic carbocycles. The fraction of sp³-hybridized carbons (Fsp3) is 0.650. The van der Waals surface area contributed by atoms with Gasteiger partial charge < -0.3 is 14.5 Å². The molecule has 7 nitrogen and oxygen atoms in total. The van der Waals surface area contributed by atoms with Crippen molar-refractivity contribution in [3.05, 3.63) is 22.5 Å². The van der Waals surface area contributed by atoms with Crippen LogP contribution >= 0.6 is 0 Å². The molecule has 0 amide bonds. The molecule has 1 aliphatic rings. The fourth-order valence-electron chi connectivity index (χ4n) is 3.69. The van der Waals surface area contributed by atoms with Gasteiger partial charge in [-0.15, -0.1) is 0 Å². The number of likely N-dealkylation sites (tertiary alicyclic amines) is 1. The number of ether oxygens (including phenoxy) is 2. The number of nitrogens with zero attached hydrogens (tertiary/aromatic N) is 1. The van der Waals surface area contributed by atoms with Crippen molar-refractivity contribution in [3.8, 4) is 0 Å². The van der Waals surface area contributed by atoms with Crippen LogP contribution in [-0.4, -0.2) is 60.0 Å². The van der Waals surface area contributed by atoms with Gasteiger partial charge >= 0.3 is 11.9 Å². The topological polar surface area (TPSA) is 88.7 Å². The van der Waals surface area contributed by atoms with E-state index in [-0.39, 0.29) is 24.3 Å². The number of hydrogen-bond acceptors (Lipinski definition) is 6. The van der Waals surface area contributed by atoms with Crippen LogP contribution < -0.4 is 0 Å². The van der Waals surface area contributed by atoms with Crippen molar-refractivity contribution in [2.24, 2.45) is 5.92 Å². The summed E-state index contributed by atoms with van der Waals surface area (Å²) in [6, 6.07) is -0.394. The van der Waals surface area contributed by atoms with Crippen molar-refractivity contribution < 1.29 is 23.9 Å². The van der Waals surface area contributed by atoms with Crippen molar-refractivity contribution in [1.82, 2.24) is 9.88 Å². The molecule has 1 fully saturated rings. The number of nitrogens with one attached hydrogen (secondary N) is 1. The van der Waals surface area contributed by atoms with Crippen LogP contribution in [0.1, 0.15) is 65.7 Å². The van der Waals surface area contributed by atoms with Crippen LogP contribution in [0.5, 0.6) is 0 Å². The molecule has 0 spiro atoms. The van der Waals surface area contributed by atoms with Gasteiger partial charge in [0, 0.05) is 12.2 Å². The molecule has 2 rings (SSSR count). The third kappa shape index (κ3) is 4.58. The van der Waals surface area contributed by atoms with Gasteiger partial charge in [0.15, 0.2) is 5.78 Å². The lowest BCUT2D eigenvalue weighted by atomic mass is 9.95. The van der Waals surface area contributed by atoms with E-state index in [0.29, 0.717) is 35.7 Å². The van der Waals surface area contributed by atoms with Crippen LogP contribution in [0.2, 0.25) is 0 Å². The zero-order valence-electron chi connectivity index (χ0n) is 16.9. The highest BCUT2D eigenvalue weighted by molar-refractivity contribution is 6.03. The average molecular weight is 378 g/mol. The number of H-pyrrole nitrogens is 1. The van der Waals surface area contributed by atoms with Gasteiger partial charge in [-0.2, -0.15) is 0 Å². The van der Waals surface area contributed by atoms with E-state index >= 15 is 0 Å². The Balaban J connectivity index is 2.16. The SMILES string of the molecule is CCOC(=O)c1c(C)[nH]c(C(=O)C(C)N2CCCC(C(=O)OCC)C2)c1C. The van der Waals surface area contributed by atoms with E-state index in [9.17, 15) is 14.4 Å². The second kappa shape index (κ2) is 9.17. The Morgan fingerprint density at radius 1 is 1.19 bits per heavy atom. The lowest BCUT2D eigenvalue weighted by Gasteiger charge is -2.35. The molecule has 2 atom stereocenters. The molecule has 2 heterocycles. The second-order valence-electron chi connectivity index (χ2n) is 6.97. The first kappa shape index (κ1) is 21.2. The highest BCUT2D eigenvalue weighted by Gasteiger charge is 2.33. The van der Waals surface area contributed by atoms with Gasteiger partial charge in [0.05, 0.1) is 36.4 Å². The number of aromatic nitrogens is 1. The molecule has 0 radical (unpaired) electrons. The summed E-state index contributed by atoms with van der Waals surface area (Å²) in [7, 11) is 0. The van der Waals surface area contributed by atoms with Gasteiger partial charge in [-0.05, 0) is 59.6 Å². The lowest BCUT2D eigenvalue weighted by molar-refractivity contribution is -0.150. The van der Waals surface area contributed by atoms with Gasteiger partial charge in [-0.1, -0.05) is 0 Å². The largest absolute Gasteiger partial charge is 0.466 e. The molecule has 0 bridgehead atoms. The number of carbonyl (C=O) groups excluding carboxylic acids is 3. The van der Waals surface area contributed by atoms with E-state index in [1.54, 1.807) is 27.7 Å². The molecule has 1 saturated heterocycles. The van der Waals surface area contributed by atoms with Crippen molar-refractivity contribution in [1.29, 1.82) is 0 Å². The molecule has 150 valence electrons. The summed E-state index contributed by atoms with van der Waals surface area (Å²) in [6.45, 7) is 10.8. The number of piperidine rings is 1. The van der Waals surface area contributed by atoms with E-state index in [1.807, 2.05) is 11.8 Å². The Kier molecular flexibility index (Phi) is 7.18. The van der Waals surface area contributed by atoms with Crippen LogP contribution in [-0.2, 0) is 14.3 Å². The highest BCUT2D eigenvalue weighted by atomic mass is 16.5. The van der Waals surface area contributed by atoms with Crippen molar-refractivity contribution in [2.45, 2.75) is 53.5 Å². The van der Waals surface area contributed by atoms with Gasteiger partial charge in [0.2, 0.25) is 0 Å². The second-order valence-corrected chi connectivity index (χ2v) is 6.97. The zero-order chi connectivity index (χ0) is 20.1. The van der Waals surface area contributed by atoms with Crippen LogP contribution in [0.15, 0.2) is 0 Å². The first-order valence-corrected chi connectivity index (χ1v) is 9.62. The first-order valence-electron chi connectivity index (χ1n) is 9.62. The first-order chi connectivity index (χ1) is 12.8. The number of esters is 2. The number of aryl methyl sites for hydroxylation is 1. The summed E-state index contributed by atoms with van der Waals surface area (Å²) in [4.78, 5) is 42.4. The highest BCUT2D eigenvalue weighted by Crippen LogP contribution is 2.24. The molecule has 1 aromatic heterocycles. The van der Waals surface area contributed by atoms with Gasteiger partial charge in [0.25, 0.3) is 0 Å². The predicted molar refractivity (Wildman–Crippen MR) is 101 cm³/mol. The molecule has 1 N–H and O–H groups in total. The van der Waals surface area contributed by atoms with Crippen LogP contribution in [0, 0.1) is 19.8 Å². The number of Topliss-reactive ketones (excluding diaryl/α,β-unsaturated/α-hetero) is 1. The molecule has 7 heteroatoms. The Morgan fingerprint density at radius 3 is 2.48 bits per heavy atom. The van der Waals surface area contributed by atoms with Crippen LogP contribution in [0.25, 0.3) is 0 Å². The Bertz CT molecular complexity index is 709. The maximum Gasteiger partial charge on any atom is 0.340 e. The molecular weight excluding hydrogens is 348 g/mol. The third-order valence-electron chi connectivity index (χ3n) is 5.16. The van der Waals surface area contributed by atoms with Crippen LogP contribution in [0.3, 0.4) is 0 Å². The van der Waals surface area contributed by atoms with Crippen molar-refractivity contribution in [2.75, 3.05) is 26.3 Å². The number of aromatic amines is 1. The maximum atomic E-state index is 13.1. The number of hydrogen-bond donors (Lipinski definition) is 1. The molecule has 27 heavy (non-hydrogen) atoms. The summed E-state index contributed by atoms with van der Waals surface area (Å²) in [5, 5.41) is 0. The van der Waals surface area contributed by atoms with Crippen molar-refractivity contribution >= 4 is 17.7 Å². The molecule has 1 aromatic rings. The summed E-state index contributed by atoms with van der Waals surface area (Å²) in [5.41, 5.74) is 2.10. The number of carbonyl (C=O) groups is 3. The monoisotopic (exact) mass is 378 g/mol. The molecule has 0 aromatic carbocycles. The molecule has 1 aliphatic heterocycles. The number of ketones is 1. The lowest BCUT2D eigenvalue weighted by Crippen LogP contribution is -2.47. The standard InChI is InChI=1S/C20H30N2O5/c1-6-26-19(24)15-9-8-10-22(11-15)14(5)18(23)17-12(3)16(13(4)21-17)20(25)27-7-2/h14-15,21H,6-11H2,1-5H3. The van der Waals surface area contributed by atoms with Gasteiger partial charge in [0.1, 0.15) is 0 Å². The van der Waals surface area contributed by atoms with E-state index in [1.165, 1.54) is 0 Å². The average Bonchev–Trinajstić information content (AvgIpc) is 2.95. The minimum Gasteiger partial charge on any atom is -0.466 e. The van der Waals surface area contributed by atoms with E-state index in [2.05, 4.69) is 4.98 Å². The van der Waals surface area contributed by atoms with Crippen molar-refractivity contribution in [3.63, 3.8) is 0 Å². The Morgan fingerprint density at radius 2 is 1.85 bits per heavy atom. The van der Waals surface area contributed by atoms with Gasteiger partial charge in [-0.3, -0.25) is 14.5 Å². The minimum absolute atomic E-state index is 0.0874. The summed E-state index contributed by atoms with van der Waals surface area (Å²) >= 11 is 0. The third-order valence-corrected chi connectivity index (χ3v) is 5.16. The summed E-state index contributed by atoms with van der Waals surface area (Å²) in [5.74, 6) is -0.902. The normalized spacial score (nSPS) is 18.8. The quantitative estimate of drug-likeness (QED) is 0.580. The Hall–Kier alpha value is -2.15. The van der Waals surface area contributed by atoms with E-state index in [4.69, 9.17) is 9.47 Å². The van der Waals surface area contributed by atoms with E-state index in [0.717, 1.165) is 19.4 Å². The smallest absolute Gasteiger partial charge is 0.340 e. The number of rotatable bonds is 7. The summed E-state index contributed by atoms with van der Waals surface area (Å²) in [6.07, 6.45) is 1.63. The van der Waals surface area contributed by atoms with Gasteiger partial charge in [-0.25, -0.2) is 4.79 Å². The minimum atomic E-state index is -0.421. The molecule has 0 saturated carbocycles. The molecular formula is C20H30N2O5. The van der Waals surface area contributed by atoms with E-state index < -0.39 is 12.0 Å². The Labute approximate surface area is 160 Å². The fourth-order valence-corrected chi connectivity index (χ4v) is 3.69. The molecule has 2 unspecified atom stereocenters. The maximum absolute atomic E-state index is 13.1. The summed E-state index contributed by atoms with van der Waals surface area (Å²) < 4.78 is 10.2. The predicted octanol–water partition coefficient (Wildman–Crippen LogP) is 2.65. The van der Waals surface area contributed by atoms with Crippen LogP contribution in [0.4, 0.5) is 0 Å².